The number of rotatable bonds is 3. The van der Waals surface area contributed by atoms with Crippen molar-refractivity contribution >= 4 is 11.7 Å². The first-order valence-corrected chi connectivity index (χ1v) is 7.72. The third-order valence-corrected chi connectivity index (χ3v) is 4.13. The van der Waals surface area contributed by atoms with E-state index in [1.807, 2.05) is 24.3 Å². The number of carbonyl (C=O) groups excluding carboxylic acids is 1. The zero-order valence-corrected chi connectivity index (χ0v) is 13.3. The summed E-state index contributed by atoms with van der Waals surface area (Å²) in [6.45, 7) is 4.16. The van der Waals surface area contributed by atoms with Crippen LogP contribution >= 0.6 is 0 Å². The zero-order valence-electron chi connectivity index (χ0n) is 13.3. The monoisotopic (exact) mass is 315 g/mol. The van der Waals surface area contributed by atoms with Gasteiger partial charge in [-0.25, -0.2) is 9.48 Å². The number of aliphatic hydroxyl groups is 1. The lowest BCUT2D eigenvalue weighted by Crippen LogP contribution is -2.49. The number of urea groups is 1. The van der Waals surface area contributed by atoms with Crippen molar-refractivity contribution in [2.75, 3.05) is 11.9 Å². The molecule has 0 unspecified atom stereocenters. The summed E-state index contributed by atoms with van der Waals surface area (Å²) < 4.78 is 1.65. The smallest absolute Gasteiger partial charge is 0.322 e. The van der Waals surface area contributed by atoms with Crippen LogP contribution in [0.15, 0.2) is 36.7 Å². The second-order valence-corrected chi connectivity index (χ2v) is 6.33. The van der Waals surface area contributed by atoms with Gasteiger partial charge in [-0.1, -0.05) is 5.21 Å². The van der Waals surface area contributed by atoms with E-state index in [1.54, 1.807) is 35.8 Å². The van der Waals surface area contributed by atoms with Gasteiger partial charge in [0.05, 0.1) is 29.7 Å². The molecule has 122 valence electrons. The highest BCUT2D eigenvalue weighted by molar-refractivity contribution is 5.89. The van der Waals surface area contributed by atoms with Crippen LogP contribution in [0, 0.1) is 0 Å². The van der Waals surface area contributed by atoms with Gasteiger partial charge < -0.3 is 15.3 Å². The first kappa shape index (κ1) is 15.5. The Kier molecular flexibility index (Phi) is 4.04. The molecule has 1 aromatic heterocycles. The molecule has 2 N–H and O–H groups in total. The molecule has 23 heavy (non-hydrogen) atoms. The van der Waals surface area contributed by atoms with Crippen molar-refractivity contribution in [1.29, 1.82) is 0 Å². The standard InChI is InChI=1S/C16H21N5O2/c1-16(2,23)14-4-3-10-20(14)15(22)18-12-5-7-13(8-6-12)21-11-9-17-19-21/h5-9,11,14,23H,3-4,10H2,1-2H3,(H,18,22)/t14-/m1/s1. The van der Waals surface area contributed by atoms with Crippen LogP contribution in [0.25, 0.3) is 5.69 Å². The van der Waals surface area contributed by atoms with Crippen molar-refractivity contribution in [3.05, 3.63) is 36.7 Å². The quantitative estimate of drug-likeness (QED) is 0.908. The Balaban J connectivity index is 1.68. The molecule has 0 spiro atoms. The summed E-state index contributed by atoms with van der Waals surface area (Å²) in [5, 5.41) is 20.8. The minimum absolute atomic E-state index is 0.156. The fraction of sp³-hybridized carbons (Fsp3) is 0.438. The summed E-state index contributed by atoms with van der Waals surface area (Å²) >= 11 is 0. The second-order valence-electron chi connectivity index (χ2n) is 6.33. The van der Waals surface area contributed by atoms with Crippen LogP contribution in [0.4, 0.5) is 10.5 Å². The number of nitrogens with zero attached hydrogens (tertiary/aromatic N) is 4. The molecule has 2 aromatic rings. The molecule has 2 amide bonds. The van der Waals surface area contributed by atoms with Crippen LogP contribution in [0.5, 0.6) is 0 Å². The van der Waals surface area contributed by atoms with Crippen molar-refractivity contribution < 1.29 is 9.90 Å². The van der Waals surface area contributed by atoms with Gasteiger partial charge >= 0.3 is 6.03 Å². The number of aromatic nitrogens is 3. The fourth-order valence-electron chi connectivity index (χ4n) is 2.98. The normalized spacial score (nSPS) is 18.2. The Hall–Kier alpha value is -2.41. The number of benzene rings is 1. The fourth-order valence-corrected chi connectivity index (χ4v) is 2.98. The van der Waals surface area contributed by atoms with Gasteiger partial charge in [0.25, 0.3) is 0 Å². The van der Waals surface area contributed by atoms with Crippen LogP contribution in [0.1, 0.15) is 26.7 Å². The van der Waals surface area contributed by atoms with Gasteiger partial charge in [0.2, 0.25) is 0 Å². The van der Waals surface area contributed by atoms with Crippen LogP contribution < -0.4 is 5.32 Å². The average molecular weight is 315 g/mol. The Morgan fingerprint density at radius 2 is 2.09 bits per heavy atom. The third-order valence-electron chi connectivity index (χ3n) is 4.13. The lowest BCUT2D eigenvalue weighted by Gasteiger charge is -2.33. The van der Waals surface area contributed by atoms with Crippen molar-refractivity contribution in [2.24, 2.45) is 0 Å². The molecule has 1 aliphatic heterocycles. The first-order valence-electron chi connectivity index (χ1n) is 7.72. The second kappa shape index (κ2) is 6.00. The third kappa shape index (κ3) is 3.34. The molecule has 3 rings (SSSR count). The summed E-state index contributed by atoms with van der Waals surface area (Å²) in [6, 6.07) is 7.04. The SMILES string of the molecule is CC(C)(O)[C@H]1CCCN1C(=O)Nc1ccc(-n2ccnn2)cc1. The summed E-state index contributed by atoms with van der Waals surface area (Å²) in [4.78, 5) is 14.2. The van der Waals surface area contributed by atoms with Crippen molar-refractivity contribution in [3.63, 3.8) is 0 Å². The molecule has 0 saturated carbocycles. The Morgan fingerprint density at radius 3 is 2.70 bits per heavy atom. The Morgan fingerprint density at radius 1 is 1.35 bits per heavy atom. The highest BCUT2D eigenvalue weighted by Crippen LogP contribution is 2.27. The van der Waals surface area contributed by atoms with Gasteiger partial charge in [-0.2, -0.15) is 0 Å². The lowest BCUT2D eigenvalue weighted by atomic mass is 9.97. The summed E-state index contributed by atoms with van der Waals surface area (Å²) in [6.07, 6.45) is 5.10. The van der Waals surface area contributed by atoms with Crippen LogP contribution in [-0.2, 0) is 0 Å². The predicted molar refractivity (Wildman–Crippen MR) is 86.4 cm³/mol. The molecule has 1 aliphatic rings. The van der Waals surface area contributed by atoms with E-state index in [4.69, 9.17) is 0 Å². The maximum atomic E-state index is 12.5. The minimum atomic E-state index is -0.898. The van der Waals surface area contributed by atoms with Gasteiger partial charge in [-0.05, 0) is 51.0 Å². The van der Waals surface area contributed by atoms with E-state index in [0.29, 0.717) is 12.2 Å². The molecule has 0 bridgehead atoms. The number of hydrogen-bond acceptors (Lipinski definition) is 4. The van der Waals surface area contributed by atoms with Gasteiger partial charge in [0, 0.05) is 12.2 Å². The predicted octanol–water partition coefficient (Wildman–Crippen LogP) is 2.03. The largest absolute Gasteiger partial charge is 0.388 e. The number of carbonyl (C=O) groups is 1. The molecule has 2 heterocycles. The molecule has 0 radical (unpaired) electrons. The maximum absolute atomic E-state index is 12.5. The molecule has 7 heteroatoms. The summed E-state index contributed by atoms with van der Waals surface area (Å²) in [5.74, 6) is 0. The maximum Gasteiger partial charge on any atom is 0.322 e. The molecule has 7 nitrogen and oxygen atoms in total. The van der Waals surface area contributed by atoms with E-state index in [0.717, 1.165) is 18.5 Å². The zero-order chi connectivity index (χ0) is 16.4. The number of nitrogens with one attached hydrogen (secondary N) is 1. The molecule has 0 aliphatic carbocycles. The van der Waals surface area contributed by atoms with Crippen LogP contribution in [0.2, 0.25) is 0 Å². The van der Waals surface area contributed by atoms with E-state index in [1.165, 1.54) is 0 Å². The van der Waals surface area contributed by atoms with Gasteiger partial charge in [-0.15, -0.1) is 5.10 Å². The van der Waals surface area contributed by atoms with Gasteiger partial charge in [0.1, 0.15) is 0 Å². The van der Waals surface area contributed by atoms with Crippen LogP contribution in [-0.4, -0.2) is 49.2 Å². The molecule has 1 aromatic carbocycles. The van der Waals surface area contributed by atoms with Crippen molar-refractivity contribution in [2.45, 2.75) is 38.3 Å². The van der Waals surface area contributed by atoms with E-state index in [2.05, 4.69) is 15.6 Å². The average Bonchev–Trinajstić information content (AvgIpc) is 3.19. The Labute approximate surface area is 134 Å². The minimum Gasteiger partial charge on any atom is -0.388 e. The highest BCUT2D eigenvalue weighted by Gasteiger charge is 2.38. The first-order chi connectivity index (χ1) is 10.9. The van der Waals surface area contributed by atoms with Gasteiger partial charge in [-0.3, -0.25) is 0 Å². The molecular formula is C16H21N5O2. The van der Waals surface area contributed by atoms with E-state index < -0.39 is 5.60 Å². The van der Waals surface area contributed by atoms with Gasteiger partial charge in [0.15, 0.2) is 0 Å². The molecule has 1 atom stereocenters. The van der Waals surface area contributed by atoms with Crippen molar-refractivity contribution in [1.82, 2.24) is 19.9 Å². The lowest BCUT2D eigenvalue weighted by molar-refractivity contribution is 0.0117. The topological polar surface area (TPSA) is 83.3 Å². The van der Waals surface area contributed by atoms with E-state index >= 15 is 0 Å². The van der Waals surface area contributed by atoms with Crippen molar-refractivity contribution in [3.8, 4) is 5.69 Å². The van der Waals surface area contributed by atoms with Crippen LogP contribution in [0.3, 0.4) is 0 Å². The summed E-state index contributed by atoms with van der Waals surface area (Å²) in [5.41, 5.74) is 0.682. The number of anilines is 1. The number of amides is 2. The molecule has 1 fully saturated rings. The number of hydrogen-bond donors (Lipinski definition) is 2. The molecular weight excluding hydrogens is 294 g/mol. The van der Waals surface area contributed by atoms with E-state index in [9.17, 15) is 9.90 Å². The highest BCUT2D eigenvalue weighted by atomic mass is 16.3. The Bertz CT molecular complexity index is 661. The molecule has 1 saturated heterocycles. The van der Waals surface area contributed by atoms with E-state index in [-0.39, 0.29) is 12.1 Å². The number of likely N-dealkylation sites (tertiary alicyclic amines) is 1. The summed E-state index contributed by atoms with van der Waals surface area (Å²) in [7, 11) is 0.